The third-order valence-corrected chi connectivity index (χ3v) is 3.26. The number of nitrogen functional groups attached to an aromatic ring is 1. The molecule has 0 radical (unpaired) electrons. The van der Waals surface area contributed by atoms with Gasteiger partial charge in [0.15, 0.2) is 0 Å². The first-order chi connectivity index (χ1) is 10.1. The van der Waals surface area contributed by atoms with Gasteiger partial charge in [0.25, 0.3) is 0 Å². The lowest BCUT2D eigenvalue weighted by Crippen LogP contribution is -2.25. The Labute approximate surface area is 129 Å². The monoisotopic (exact) mass is 306 g/mol. The molecule has 3 N–H and O–H groups in total. The summed E-state index contributed by atoms with van der Waals surface area (Å²) in [5, 5.41) is 3.85. The van der Waals surface area contributed by atoms with Crippen LogP contribution < -0.4 is 16.0 Å². The first kappa shape index (κ1) is 15.3. The van der Waals surface area contributed by atoms with E-state index >= 15 is 0 Å². The molecule has 0 spiro atoms. The highest BCUT2D eigenvalue weighted by molar-refractivity contribution is 6.30. The van der Waals surface area contributed by atoms with Crippen LogP contribution in [0.3, 0.4) is 0 Å². The molecule has 0 atom stereocenters. The number of nitrogens with zero attached hydrogens (tertiary/aromatic N) is 4. The fourth-order valence-corrected chi connectivity index (χ4v) is 2.15. The molecule has 0 saturated heterocycles. The number of rotatable bonds is 6. The van der Waals surface area contributed by atoms with Gasteiger partial charge in [0.05, 0.1) is 0 Å². The molecule has 0 amide bonds. The maximum absolute atomic E-state index is 5.96. The van der Waals surface area contributed by atoms with Crippen LogP contribution in [0.2, 0.25) is 5.02 Å². The quantitative estimate of drug-likeness (QED) is 0.854. The molecule has 0 aliphatic heterocycles. The molecule has 0 bridgehead atoms. The predicted molar refractivity (Wildman–Crippen MR) is 86.6 cm³/mol. The number of nitrogens with one attached hydrogen (secondary N) is 1. The van der Waals surface area contributed by atoms with E-state index in [1.54, 1.807) is 0 Å². The zero-order valence-corrected chi connectivity index (χ0v) is 12.9. The Morgan fingerprint density at radius 3 is 2.62 bits per heavy atom. The standard InChI is InChI=1S/C14H19ClN6/c1-3-21(4-2)14-19-12(16)18-13(20-14)17-9-10-6-5-7-11(15)8-10/h5-8H,3-4,9H2,1-2H3,(H3,16,17,18,19,20). The highest BCUT2D eigenvalue weighted by Gasteiger charge is 2.09. The first-order valence-electron chi connectivity index (χ1n) is 6.87. The smallest absolute Gasteiger partial charge is 0.231 e. The molecular formula is C14H19ClN6. The van der Waals surface area contributed by atoms with E-state index in [4.69, 9.17) is 17.3 Å². The number of anilines is 3. The molecule has 1 aromatic heterocycles. The number of hydrogen-bond acceptors (Lipinski definition) is 6. The van der Waals surface area contributed by atoms with Gasteiger partial charge in [-0.25, -0.2) is 0 Å². The van der Waals surface area contributed by atoms with E-state index in [1.165, 1.54) is 0 Å². The number of benzene rings is 1. The molecule has 0 saturated carbocycles. The second-order valence-electron chi connectivity index (χ2n) is 4.47. The minimum Gasteiger partial charge on any atom is -0.368 e. The summed E-state index contributed by atoms with van der Waals surface area (Å²) in [7, 11) is 0. The Hall–Kier alpha value is -2.08. The van der Waals surface area contributed by atoms with Crippen LogP contribution in [0.15, 0.2) is 24.3 Å². The Kier molecular flexibility index (Phi) is 5.16. The Balaban J connectivity index is 2.13. The summed E-state index contributed by atoms with van der Waals surface area (Å²) in [6, 6.07) is 7.62. The van der Waals surface area contributed by atoms with Crippen molar-refractivity contribution in [1.82, 2.24) is 15.0 Å². The van der Waals surface area contributed by atoms with E-state index in [2.05, 4.69) is 20.3 Å². The molecule has 0 fully saturated rings. The van der Waals surface area contributed by atoms with Crippen molar-refractivity contribution in [3.8, 4) is 0 Å². The second-order valence-corrected chi connectivity index (χ2v) is 4.91. The molecule has 7 heteroatoms. The largest absolute Gasteiger partial charge is 0.368 e. The third kappa shape index (κ3) is 4.19. The van der Waals surface area contributed by atoms with Crippen LogP contribution in [0.1, 0.15) is 19.4 Å². The van der Waals surface area contributed by atoms with Crippen molar-refractivity contribution in [3.05, 3.63) is 34.9 Å². The van der Waals surface area contributed by atoms with Crippen molar-refractivity contribution >= 4 is 29.4 Å². The lowest BCUT2D eigenvalue weighted by Gasteiger charge is -2.19. The summed E-state index contributed by atoms with van der Waals surface area (Å²) in [5.74, 6) is 1.26. The number of halogens is 1. The number of nitrogens with two attached hydrogens (primary N) is 1. The zero-order valence-electron chi connectivity index (χ0n) is 12.2. The molecule has 6 nitrogen and oxygen atoms in total. The molecule has 2 rings (SSSR count). The highest BCUT2D eigenvalue weighted by Crippen LogP contribution is 2.14. The van der Waals surface area contributed by atoms with Crippen LogP contribution in [0.5, 0.6) is 0 Å². The fourth-order valence-electron chi connectivity index (χ4n) is 1.94. The normalized spacial score (nSPS) is 10.4. The molecule has 21 heavy (non-hydrogen) atoms. The molecule has 2 aromatic rings. The van der Waals surface area contributed by atoms with Crippen molar-refractivity contribution in [2.75, 3.05) is 29.0 Å². The molecule has 1 heterocycles. The van der Waals surface area contributed by atoms with Gasteiger partial charge in [-0.2, -0.15) is 15.0 Å². The average Bonchev–Trinajstić information content (AvgIpc) is 2.46. The summed E-state index contributed by atoms with van der Waals surface area (Å²) in [4.78, 5) is 14.7. The van der Waals surface area contributed by atoms with Gasteiger partial charge in [-0.3, -0.25) is 0 Å². The van der Waals surface area contributed by atoms with Gasteiger partial charge in [-0.15, -0.1) is 0 Å². The van der Waals surface area contributed by atoms with E-state index in [1.807, 2.05) is 43.0 Å². The molecule has 0 aliphatic rings. The van der Waals surface area contributed by atoms with Gasteiger partial charge < -0.3 is 16.0 Å². The van der Waals surface area contributed by atoms with Crippen molar-refractivity contribution in [2.45, 2.75) is 20.4 Å². The van der Waals surface area contributed by atoms with E-state index in [9.17, 15) is 0 Å². The van der Waals surface area contributed by atoms with Gasteiger partial charge in [0.1, 0.15) is 0 Å². The van der Waals surface area contributed by atoms with E-state index in [0.717, 1.165) is 18.7 Å². The first-order valence-corrected chi connectivity index (χ1v) is 7.25. The molecular weight excluding hydrogens is 288 g/mol. The van der Waals surface area contributed by atoms with Crippen LogP contribution >= 0.6 is 11.6 Å². The minimum absolute atomic E-state index is 0.209. The third-order valence-electron chi connectivity index (χ3n) is 3.03. The molecule has 112 valence electrons. The van der Waals surface area contributed by atoms with Crippen molar-refractivity contribution in [3.63, 3.8) is 0 Å². The van der Waals surface area contributed by atoms with E-state index in [-0.39, 0.29) is 5.95 Å². The molecule has 0 unspecified atom stereocenters. The van der Waals surface area contributed by atoms with Crippen molar-refractivity contribution < 1.29 is 0 Å². The fraction of sp³-hybridized carbons (Fsp3) is 0.357. The van der Waals surface area contributed by atoms with Crippen LogP contribution in [-0.2, 0) is 6.54 Å². The van der Waals surface area contributed by atoms with E-state index in [0.29, 0.717) is 23.5 Å². The average molecular weight is 307 g/mol. The Morgan fingerprint density at radius 2 is 1.95 bits per heavy atom. The maximum Gasteiger partial charge on any atom is 0.231 e. The van der Waals surface area contributed by atoms with Gasteiger partial charge in [0.2, 0.25) is 17.8 Å². The van der Waals surface area contributed by atoms with Crippen molar-refractivity contribution in [2.24, 2.45) is 0 Å². The number of hydrogen-bond donors (Lipinski definition) is 2. The lowest BCUT2D eigenvalue weighted by atomic mass is 10.2. The molecule has 0 aliphatic carbocycles. The predicted octanol–water partition coefficient (Wildman–Crippen LogP) is 2.57. The Bertz CT molecular complexity index is 600. The highest BCUT2D eigenvalue weighted by atomic mass is 35.5. The molecule has 1 aromatic carbocycles. The van der Waals surface area contributed by atoms with Crippen LogP contribution in [0.25, 0.3) is 0 Å². The van der Waals surface area contributed by atoms with Gasteiger partial charge in [-0.05, 0) is 31.5 Å². The van der Waals surface area contributed by atoms with Crippen molar-refractivity contribution in [1.29, 1.82) is 0 Å². The van der Waals surface area contributed by atoms with Crippen LogP contribution in [-0.4, -0.2) is 28.0 Å². The van der Waals surface area contributed by atoms with Gasteiger partial charge >= 0.3 is 0 Å². The van der Waals surface area contributed by atoms with Gasteiger partial charge in [0, 0.05) is 24.7 Å². The lowest BCUT2D eigenvalue weighted by molar-refractivity contribution is 0.814. The second kappa shape index (κ2) is 7.08. The zero-order chi connectivity index (χ0) is 15.2. The van der Waals surface area contributed by atoms with Gasteiger partial charge in [-0.1, -0.05) is 23.7 Å². The van der Waals surface area contributed by atoms with E-state index < -0.39 is 0 Å². The maximum atomic E-state index is 5.96. The Morgan fingerprint density at radius 1 is 1.19 bits per heavy atom. The summed E-state index contributed by atoms with van der Waals surface area (Å²) < 4.78 is 0. The number of aromatic nitrogens is 3. The topological polar surface area (TPSA) is 80.0 Å². The van der Waals surface area contributed by atoms with Crippen LogP contribution in [0.4, 0.5) is 17.8 Å². The summed E-state index contributed by atoms with van der Waals surface area (Å²) >= 11 is 5.96. The summed E-state index contributed by atoms with van der Waals surface area (Å²) in [6.07, 6.45) is 0. The van der Waals surface area contributed by atoms with Crippen LogP contribution in [0, 0.1) is 0 Å². The summed E-state index contributed by atoms with van der Waals surface area (Å²) in [6.45, 7) is 6.29. The minimum atomic E-state index is 0.209. The SMILES string of the molecule is CCN(CC)c1nc(N)nc(NCc2cccc(Cl)c2)n1. The summed E-state index contributed by atoms with van der Waals surface area (Å²) in [5.41, 5.74) is 6.80.